The summed E-state index contributed by atoms with van der Waals surface area (Å²) in [5.74, 6) is 0.718. The van der Waals surface area contributed by atoms with Gasteiger partial charge in [0.1, 0.15) is 11.6 Å². The van der Waals surface area contributed by atoms with Gasteiger partial charge in [0.2, 0.25) is 10.0 Å². The molecule has 0 aliphatic carbocycles. The average Bonchev–Trinajstić information content (AvgIpc) is 3.27. The van der Waals surface area contributed by atoms with Gasteiger partial charge in [-0.3, -0.25) is 0 Å². The Morgan fingerprint density at radius 3 is 2.50 bits per heavy atom. The molecule has 3 rings (SSSR count). The number of nitrogens with one attached hydrogen (secondary N) is 1. The van der Waals surface area contributed by atoms with Crippen LogP contribution in [-0.4, -0.2) is 39.6 Å². The molecule has 10 heteroatoms. The van der Waals surface area contributed by atoms with Crippen molar-refractivity contribution in [2.45, 2.75) is 25.3 Å². The maximum atomic E-state index is 12.3. The minimum Gasteiger partial charge on any atom is -0.493 e. The fourth-order valence-corrected chi connectivity index (χ4v) is 4.69. The first-order valence-electron chi connectivity index (χ1n) is 9.90. The summed E-state index contributed by atoms with van der Waals surface area (Å²) in [5.41, 5.74) is 1.73. The monoisotopic (exact) mass is 476 g/mol. The first-order valence-corrected chi connectivity index (χ1v) is 12.3. The van der Waals surface area contributed by atoms with Crippen molar-refractivity contribution < 1.29 is 27.4 Å². The molecule has 0 atom stereocenters. The number of esters is 1. The molecule has 0 aliphatic heterocycles. The van der Waals surface area contributed by atoms with Gasteiger partial charge in [0.15, 0.2) is 11.5 Å². The van der Waals surface area contributed by atoms with Gasteiger partial charge in [-0.25, -0.2) is 22.9 Å². The van der Waals surface area contributed by atoms with E-state index in [0.29, 0.717) is 23.8 Å². The average molecular weight is 477 g/mol. The van der Waals surface area contributed by atoms with Crippen molar-refractivity contribution in [3.63, 3.8) is 0 Å². The molecule has 0 unspecified atom stereocenters. The topological polar surface area (TPSA) is 104 Å². The first-order chi connectivity index (χ1) is 15.4. The molecular weight excluding hydrogens is 452 g/mol. The molecule has 0 saturated carbocycles. The van der Waals surface area contributed by atoms with E-state index >= 15 is 0 Å². The summed E-state index contributed by atoms with van der Waals surface area (Å²) in [7, 11) is -1.99. The van der Waals surface area contributed by atoms with Gasteiger partial charge in [0.25, 0.3) is 0 Å². The second-order valence-electron chi connectivity index (χ2n) is 6.54. The molecule has 0 radical (unpaired) electrons. The smallest absolute Gasteiger partial charge is 0.338 e. The third kappa shape index (κ3) is 5.64. The van der Waals surface area contributed by atoms with Crippen LogP contribution in [0.4, 0.5) is 0 Å². The second-order valence-corrected chi connectivity index (χ2v) is 9.17. The minimum absolute atomic E-state index is 0.000931. The Balaban J connectivity index is 1.64. The zero-order valence-corrected chi connectivity index (χ0v) is 19.6. The van der Waals surface area contributed by atoms with Crippen LogP contribution in [0.1, 0.15) is 29.9 Å². The lowest BCUT2D eigenvalue weighted by Crippen LogP contribution is -2.23. The molecule has 2 aromatic carbocycles. The van der Waals surface area contributed by atoms with E-state index in [2.05, 4.69) is 9.71 Å². The maximum Gasteiger partial charge on any atom is 0.338 e. The number of carbonyl (C=O) groups is 1. The molecule has 1 N–H and O–H groups in total. The third-order valence-corrected chi connectivity index (χ3v) is 6.85. The molecule has 1 heterocycles. The number of hydrogen-bond acceptors (Lipinski definition) is 8. The van der Waals surface area contributed by atoms with Crippen molar-refractivity contribution in [2.24, 2.45) is 0 Å². The van der Waals surface area contributed by atoms with Crippen molar-refractivity contribution in [3.05, 3.63) is 59.1 Å². The lowest BCUT2D eigenvalue weighted by Gasteiger charge is -2.10. The quantitative estimate of drug-likeness (QED) is 0.443. The fourth-order valence-electron chi connectivity index (χ4n) is 2.85. The van der Waals surface area contributed by atoms with Gasteiger partial charge in [-0.15, -0.1) is 11.3 Å². The zero-order chi connectivity index (χ0) is 23.1. The van der Waals surface area contributed by atoms with Crippen molar-refractivity contribution >= 4 is 27.3 Å². The number of methoxy groups -OCH3 is 1. The van der Waals surface area contributed by atoms with Crippen LogP contribution in [0.25, 0.3) is 10.6 Å². The minimum atomic E-state index is -3.57. The number of nitrogens with zero attached hydrogens (tertiary/aromatic N) is 1. The summed E-state index contributed by atoms with van der Waals surface area (Å²) in [6.07, 6.45) is 0. The number of rotatable bonds is 10. The number of benzene rings is 2. The van der Waals surface area contributed by atoms with Crippen molar-refractivity contribution in [2.75, 3.05) is 20.3 Å². The van der Waals surface area contributed by atoms with Crippen molar-refractivity contribution in [1.29, 1.82) is 0 Å². The van der Waals surface area contributed by atoms with Gasteiger partial charge >= 0.3 is 5.97 Å². The third-order valence-electron chi connectivity index (χ3n) is 4.35. The second kappa shape index (κ2) is 10.6. The van der Waals surface area contributed by atoms with Crippen LogP contribution in [0.2, 0.25) is 0 Å². The Labute approximate surface area is 191 Å². The van der Waals surface area contributed by atoms with Crippen molar-refractivity contribution in [3.8, 4) is 22.1 Å². The maximum absolute atomic E-state index is 12.3. The zero-order valence-electron chi connectivity index (χ0n) is 18.0. The summed E-state index contributed by atoms with van der Waals surface area (Å²) in [6.45, 7) is 4.42. The summed E-state index contributed by atoms with van der Waals surface area (Å²) in [6, 6.07) is 11.2. The molecule has 8 nitrogen and oxygen atoms in total. The van der Waals surface area contributed by atoms with Crippen molar-refractivity contribution in [1.82, 2.24) is 9.71 Å². The van der Waals surface area contributed by atoms with E-state index in [1.54, 1.807) is 14.0 Å². The van der Waals surface area contributed by atoms with Gasteiger partial charge in [0, 0.05) is 17.5 Å². The van der Waals surface area contributed by atoms with Crippen LogP contribution >= 0.6 is 11.3 Å². The number of sulfonamides is 1. The van der Waals surface area contributed by atoms with E-state index in [4.69, 9.17) is 14.2 Å². The summed E-state index contributed by atoms with van der Waals surface area (Å²) >= 11 is 1.43. The Bertz CT molecular complexity index is 1170. The lowest BCUT2D eigenvalue weighted by molar-refractivity contribution is 0.0468. The van der Waals surface area contributed by atoms with Gasteiger partial charge < -0.3 is 14.2 Å². The van der Waals surface area contributed by atoms with Crippen LogP contribution in [0.5, 0.6) is 11.5 Å². The molecule has 0 bridgehead atoms. The summed E-state index contributed by atoms with van der Waals surface area (Å²) < 4.78 is 42.6. The SMILES string of the molecule is CCNS(=O)(=O)c1ccc(C(=O)OCc2csc(-c3ccc(OCC)c(OC)c3)n2)cc1. The Morgan fingerprint density at radius 1 is 1.09 bits per heavy atom. The highest BCUT2D eigenvalue weighted by Gasteiger charge is 2.15. The molecule has 32 heavy (non-hydrogen) atoms. The van der Waals surface area contributed by atoms with E-state index in [9.17, 15) is 13.2 Å². The van der Waals surface area contributed by atoms with E-state index in [0.717, 1.165) is 10.6 Å². The highest BCUT2D eigenvalue weighted by atomic mass is 32.2. The molecule has 0 fully saturated rings. The van der Waals surface area contributed by atoms with Crippen LogP contribution < -0.4 is 14.2 Å². The predicted octanol–water partition coefficient (Wildman–Crippen LogP) is 3.87. The van der Waals surface area contributed by atoms with Crippen LogP contribution in [-0.2, 0) is 21.4 Å². The molecular formula is C22H24N2O6S2. The fraction of sp³-hybridized carbons (Fsp3) is 0.273. The van der Waals surface area contributed by atoms with Gasteiger partial charge in [-0.2, -0.15) is 0 Å². The number of ether oxygens (including phenoxy) is 3. The summed E-state index contributed by atoms with van der Waals surface area (Å²) in [5, 5.41) is 2.58. The molecule has 0 spiro atoms. The van der Waals surface area contributed by atoms with Crippen LogP contribution in [0.3, 0.4) is 0 Å². The first kappa shape index (κ1) is 23.7. The summed E-state index contributed by atoms with van der Waals surface area (Å²) in [4.78, 5) is 16.9. The molecule has 0 saturated heterocycles. The number of thiazole rings is 1. The largest absolute Gasteiger partial charge is 0.493 e. The molecule has 0 amide bonds. The Hall–Kier alpha value is -2.95. The molecule has 1 aromatic heterocycles. The van der Waals surface area contributed by atoms with Gasteiger partial charge in [-0.1, -0.05) is 6.92 Å². The highest BCUT2D eigenvalue weighted by molar-refractivity contribution is 7.89. The normalized spacial score (nSPS) is 11.2. The number of aromatic nitrogens is 1. The van der Waals surface area contributed by atoms with E-state index in [1.807, 2.05) is 30.5 Å². The molecule has 0 aliphatic rings. The standard InChI is InChI=1S/C22H24N2O6S2/c1-4-23-32(26,27)18-9-6-15(7-10-18)22(25)30-13-17-14-31-21(24-17)16-8-11-19(29-5-2)20(12-16)28-3/h6-12,14,23H,4-5,13H2,1-3H3. The van der Waals surface area contributed by atoms with Crippen LogP contribution in [0.15, 0.2) is 52.7 Å². The Kier molecular flexibility index (Phi) is 7.84. The van der Waals surface area contributed by atoms with Crippen LogP contribution in [0, 0.1) is 0 Å². The predicted molar refractivity (Wildman–Crippen MR) is 122 cm³/mol. The highest BCUT2D eigenvalue weighted by Crippen LogP contribution is 2.33. The Morgan fingerprint density at radius 2 is 1.84 bits per heavy atom. The lowest BCUT2D eigenvalue weighted by atomic mass is 10.2. The molecule has 170 valence electrons. The van der Waals surface area contributed by atoms with Gasteiger partial charge in [-0.05, 0) is 49.4 Å². The van der Waals surface area contributed by atoms with E-state index in [-0.39, 0.29) is 23.6 Å². The van der Waals surface area contributed by atoms with E-state index < -0.39 is 16.0 Å². The number of carbonyl (C=O) groups excluding carboxylic acids is 1. The van der Waals surface area contributed by atoms with E-state index in [1.165, 1.54) is 35.6 Å². The van der Waals surface area contributed by atoms with Gasteiger partial charge in [0.05, 0.1) is 29.9 Å². The molecule has 3 aromatic rings. The number of hydrogen-bond donors (Lipinski definition) is 1.